The van der Waals surface area contributed by atoms with Crippen LogP contribution in [0.3, 0.4) is 0 Å². The topological polar surface area (TPSA) is 78.0 Å². The molecule has 1 aromatic heterocycles. The summed E-state index contributed by atoms with van der Waals surface area (Å²) in [7, 11) is -3.01. The van der Waals surface area contributed by atoms with Crippen molar-refractivity contribution < 1.29 is 8.42 Å². The zero-order valence-corrected chi connectivity index (χ0v) is 12.4. The maximum atomic E-state index is 11.8. The van der Waals surface area contributed by atoms with Crippen LogP contribution >= 0.6 is 0 Å². The fourth-order valence-corrected chi connectivity index (χ4v) is 2.81. The summed E-state index contributed by atoms with van der Waals surface area (Å²) in [6, 6.07) is 0. The second-order valence-corrected chi connectivity index (χ2v) is 7.50. The highest BCUT2D eigenvalue weighted by atomic mass is 32.2. The molecule has 1 aromatic rings. The smallest absolute Gasteiger partial charge is 0.154 e. The normalized spacial score (nSPS) is 12.3. The van der Waals surface area contributed by atoms with Gasteiger partial charge in [-0.25, -0.2) is 8.42 Å². The molecule has 0 aliphatic heterocycles. The van der Waals surface area contributed by atoms with Gasteiger partial charge in [-0.2, -0.15) is 5.10 Å². The highest BCUT2D eigenvalue weighted by molar-refractivity contribution is 7.91. The third-order valence-corrected chi connectivity index (χ3v) is 5.42. The summed E-state index contributed by atoms with van der Waals surface area (Å²) in [6.07, 6.45) is 0.786. The minimum atomic E-state index is -3.01. The van der Waals surface area contributed by atoms with Gasteiger partial charge >= 0.3 is 0 Å². The van der Waals surface area contributed by atoms with Crippen LogP contribution in [-0.2, 0) is 22.8 Å². The van der Waals surface area contributed by atoms with E-state index in [1.807, 2.05) is 13.8 Å². The maximum Gasteiger partial charge on any atom is 0.154 e. The first-order valence-electron chi connectivity index (χ1n) is 6.24. The van der Waals surface area contributed by atoms with Crippen molar-refractivity contribution >= 4 is 9.84 Å². The van der Waals surface area contributed by atoms with Gasteiger partial charge in [-0.15, -0.1) is 0 Å². The van der Waals surface area contributed by atoms with E-state index in [1.54, 1.807) is 18.5 Å². The summed E-state index contributed by atoms with van der Waals surface area (Å²) in [6.45, 7) is 8.31. The van der Waals surface area contributed by atoms with Gasteiger partial charge in [0.2, 0.25) is 0 Å². The summed E-state index contributed by atoms with van der Waals surface area (Å²) in [5.41, 5.74) is 8.67. The Hall–Kier alpha value is -0.880. The minimum Gasteiger partial charge on any atom is -0.330 e. The van der Waals surface area contributed by atoms with Crippen LogP contribution in [0.25, 0.3) is 0 Å². The van der Waals surface area contributed by atoms with Gasteiger partial charge in [-0.1, -0.05) is 0 Å². The Kier molecular flexibility index (Phi) is 4.92. The van der Waals surface area contributed by atoms with Gasteiger partial charge in [0.15, 0.2) is 9.84 Å². The van der Waals surface area contributed by atoms with E-state index in [2.05, 4.69) is 5.10 Å². The Balaban J connectivity index is 2.84. The molecule has 6 heteroatoms. The van der Waals surface area contributed by atoms with Crippen molar-refractivity contribution in [3.8, 4) is 0 Å². The third kappa shape index (κ3) is 3.32. The zero-order chi connectivity index (χ0) is 13.9. The predicted molar refractivity (Wildman–Crippen MR) is 73.4 cm³/mol. The SMILES string of the molecule is Cc1nn(CCS(=O)(=O)C(C)C)c(C)c1CCN. The van der Waals surface area contributed by atoms with Crippen LogP contribution in [0.4, 0.5) is 0 Å². The Morgan fingerprint density at radius 3 is 2.44 bits per heavy atom. The van der Waals surface area contributed by atoms with Crippen LogP contribution in [-0.4, -0.2) is 35.7 Å². The van der Waals surface area contributed by atoms with E-state index >= 15 is 0 Å². The molecule has 0 unspecified atom stereocenters. The highest BCUT2D eigenvalue weighted by Gasteiger charge is 2.18. The number of hydrogen-bond donors (Lipinski definition) is 1. The molecule has 18 heavy (non-hydrogen) atoms. The van der Waals surface area contributed by atoms with Crippen molar-refractivity contribution in [2.45, 2.75) is 45.9 Å². The van der Waals surface area contributed by atoms with Crippen molar-refractivity contribution in [2.24, 2.45) is 5.73 Å². The summed E-state index contributed by atoms with van der Waals surface area (Å²) < 4.78 is 25.3. The number of aromatic nitrogens is 2. The number of aryl methyl sites for hydroxylation is 2. The van der Waals surface area contributed by atoms with Gasteiger partial charge in [0.25, 0.3) is 0 Å². The lowest BCUT2D eigenvalue weighted by Gasteiger charge is -2.09. The van der Waals surface area contributed by atoms with Gasteiger partial charge in [-0.3, -0.25) is 4.68 Å². The van der Waals surface area contributed by atoms with Crippen LogP contribution in [0, 0.1) is 13.8 Å². The number of rotatable bonds is 6. The molecule has 0 aromatic carbocycles. The van der Waals surface area contributed by atoms with E-state index in [0.29, 0.717) is 13.1 Å². The number of nitrogens with two attached hydrogens (primary N) is 1. The predicted octanol–water partition coefficient (Wildman–Crippen LogP) is 0.824. The first-order valence-corrected chi connectivity index (χ1v) is 7.95. The van der Waals surface area contributed by atoms with Gasteiger partial charge in [0.1, 0.15) is 0 Å². The lowest BCUT2D eigenvalue weighted by Crippen LogP contribution is -2.22. The first kappa shape index (κ1) is 15.2. The molecule has 0 atom stereocenters. The van der Waals surface area contributed by atoms with E-state index in [-0.39, 0.29) is 11.0 Å². The van der Waals surface area contributed by atoms with Crippen LogP contribution in [0.1, 0.15) is 30.8 Å². The van der Waals surface area contributed by atoms with Crippen LogP contribution < -0.4 is 5.73 Å². The first-order chi connectivity index (χ1) is 8.29. The fourth-order valence-electron chi connectivity index (χ4n) is 1.91. The minimum absolute atomic E-state index is 0.134. The standard InChI is InChI=1S/C12H23N3O2S/c1-9(2)18(16,17)8-7-15-11(4)12(5-6-13)10(3)14-15/h9H,5-8,13H2,1-4H3. The molecule has 0 radical (unpaired) electrons. The zero-order valence-electron chi connectivity index (χ0n) is 11.6. The quantitative estimate of drug-likeness (QED) is 0.832. The third-order valence-electron chi connectivity index (χ3n) is 3.23. The second kappa shape index (κ2) is 5.84. The highest BCUT2D eigenvalue weighted by Crippen LogP contribution is 2.14. The number of sulfone groups is 1. The lowest BCUT2D eigenvalue weighted by molar-refractivity contribution is 0.568. The molecule has 0 aliphatic carbocycles. The van der Waals surface area contributed by atoms with Gasteiger partial charge < -0.3 is 5.73 Å². The monoisotopic (exact) mass is 273 g/mol. The molecule has 1 rings (SSSR count). The summed E-state index contributed by atoms with van der Waals surface area (Å²) in [5, 5.41) is 4.05. The second-order valence-electron chi connectivity index (χ2n) is 4.83. The Morgan fingerprint density at radius 1 is 1.33 bits per heavy atom. The summed E-state index contributed by atoms with van der Waals surface area (Å²) >= 11 is 0. The lowest BCUT2D eigenvalue weighted by atomic mass is 10.1. The molecule has 5 nitrogen and oxygen atoms in total. The molecular weight excluding hydrogens is 250 g/mol. The molecular formula is C12H23N3O2S. The van der Waals surface area contributed by atoms with E-state index in [9.17, 15) is 8.42 Å². The molecule has 0 saturated carbocycles. The van der Waals surface area contributed by atoms with E-state index in [1.165, 1.54) is 0 Å². The number of nitrogens with zero attached hydrogens (tertiary/aromatic N) is 2. The number of hydrogen-bond acceptors (Lipinski definition) is 4. The Morgan fingerprint density at radius 2 is 1.94 bits per heavy atom. The van der Waals surface area contributed by atoms with Crippen molar-refractivity contribution in [2.75, 3.05) is 12.3 Å². The average molecular weight is 273 g/mol. The van der Waals surface area contributed by atoms with Gasteiger partial charge in [0.05, 0.1) is 23.2 Å². The molecule has 2 N–H and O–H groups in total. The molecule has 1 heterocycles. The molecule has 0 fully saturated rings. The summed E-state index contributed by atoms with van der Waals surface area (Å²) in [5.74, 6) is 0.134. The van der Waals surface area contributed by atoms with Crippen LogP contribution in [0.2, 0.25) is 0 Å². The van der Waals surface area contributed by atoms with Crippen molar-refractivity contribution in [3.63, 3.8) is 0 Å². The fraction of sp³-hybridized carbons (Fsp3) is 0.750. The molecule has 0 amide bonds. The van der Waals surface area contributed by atoms with E-state index in [0.717, 1.165) is 23.4 Å². The molecule has 0 saturated heterocycles. The largest absolute Gasteiger partial charge is 0.330 e. The molecule has 0 aliphatic rings. The molecule has 0 spiro atoms. The van der Waals surface area contributed by atoms with E-state index < -0.39 is 9.84 Å². The van der Waals surface area contributed by atoms with Crippen LogP contribution in [0.5, 0.6) is 0 Å². The molecule has 0 bridgehead atoms. The van der Waals surface area contributed by atoms with E-state index in [4.69, 9.17) is 5.73 Å². The molecule has 104 valence electrons. The van der Waals surface area contributed by atoms with Gasteiger partial charge in [-0.05, 0) is 46.2 Å². The average Bonchev–Trinajstić information content (AvgIpc) is 2.54. The van der Waals surface area contributed by atoms with Crippen molar-refractivity contribution in [3.05, 3.63) is 17.0 Å². The Bertz CT molecular complexity index is 504. The van der Waals surface area contributed by atoms with Crippen molar-refractivity contribution in [1.82, 2.24) is 9.78 Å². The van der Waals surface area contributed by atoms with Crippen molar-refractivity contribution in [1.29, 1.82) is 0 Å². The summed E-state index contributed by atoms with van der Waals surface area (Å²) in [4.78, 5) is 0. The van der Waals surface area contributed by atoms with Crippen LogP contribution in [0.15, 0.2) is 0 Å². The maximum absolute atomic E-state index is 11.8. The Labute approximate surface area is 109 Å². The van der Waals surface area contributed by atoms with Gasteiger partial charge in [0, 0.05) is 5.69 Å².